The molecule has 1 saturated heterocycles. The van der Waals surface area contributed by atoms with Gasteiger partial charge in [-0.3, -0.25) is 0 Å². The van der Waals surface area contributed by atoms with Gasteiger partial charge in [-0.1, -0.05) is 49.1 Å². The van der Waals surface area contributed by atoms with Crippen LogP contribution < -0.4 is 5.32 Å². The van der Waals surface area contributed by atoms with E-state index in [1.54, 1.807) is 0 Å². The van der Waals surface area contributed by atoms with Crippen molar-refractivity contribution in [3.63, 3.8) is 0 Å². The number of nitrogens with one attached hydrogen (secondary N) is 1. The summed E-state index contributed by atoms with van der Waals surface area (Å²) in [6.45, 7) is 2.19. The molecule has 1 aliphatic carbocycles. The largest absolute Gasteiger partial charge is 0.357 e. The quantitative estimate of drug-likeness (QED) is 0.603. The summed E-state index contributed by atoms with van der Waals surface area (Å²) in [6.07, 6.45) is 10.5. The number of carbonyl (C=O) groups excluding carboxylic acids is 1. The van der Waals surface area contributed by atoms with Crippen LogP contribution in [0.25, 0.3) is 0 Å². The minimum absolute atomic E-state index is 0.258. The Balaban J connectivity index is 2.15. The third-order valence-electron chi connectivity index (χ3n) is 2.58. The van der Waals surface area contributed by atoms with E-state index in [4.69, 9.17) is 12.2 Å². The lowest BCUT2D eigenvalue weighted by Gasteiger charge is -2.10. The van der Waals surface area contributed by atoms with Crippen LogP contribution in [0.4, 0.5) is 0 Å². The maximum atomic E-state index is 10.8. The third kappa shape index (κ3) is 2.62. The highest BCUT2D eigenvalue weighted by Gasteiger charge is 2.24. The van der Waals surface area contributed by atoms with Crippen LogP contribution in [-0.4, -0.2) is 16.6 Å². The Bertz CT molecular complexity index is 409. The number of thioether (sulfide) groups is 1. The predicted molar refractivity (Wildman–Crippen MR) is 72.3 cm³/mol. The van der Waals surface area contributed by atoms with Crippen LogP contribution in [-0.2, 0) is 4.79 Å². The van der Waals surface area contributed by atoms with Crippen LogP contribution >= 0.6 is 24.0 Å². The number of carbonyl (C=O) groups is 1. The first-order chi connectivity index (χ1) is 7.69. The molecule has 2 unspecified atom stereocenters. The average Bonchev–Trinajstić information content (AvgIpc) is 2.62. The second kappa shape index (κ2) is 4.97. The van der Waals surface area contributed by atoms with E-state index in [0.717, 1.165) is 17.6 Å². The van der Waals surface area contributed by atoms with Gasteiger partial charge in [0, 0.05) is 4.91 Å². The van der Waals surface area contributed by atoms with Gasteiger partial charge in [0.05, 0.1) is 0 Å². The molecule has 2 rings (SSSR count). The molecule has 84 valence electrons. The number of hydrogen-bond donors (Lipinski definition) is 1. The van der Waals surface area contributed by atoms with Gasteiger partial charge in [-0.25, -0.2) is 0 Å². The zero-order valence-electron chi connectivity index (χ0n) is 8.97. The molecular weight excluding hydrogens is 238 g/mol. The highest BCUT2D eigenvalue weighted by atomic mass is 32.2. The highest BCUT2D eigenvalue weighted by Crippen LogP contribution is 2.29. The molecule has 0 radical (unpaired) electrons. The Kier molecular flexibility index (Phi) is 3.61. The van der Waals surface area contributed by atoms with Crippen LogP contribution in [0.5, 0.6) is 0 Å². The predicted octanol–water partition coefficient (Wildman–Crippen LogP) is 2.58. The molecule has 2 aliphatic rings. The minimum Gasteiger partial charge on any atom is -0.357 e. The summed E-state index contributed by atoms with van der Waals surface area (Å²) in [7, 11) is 0. The SMILES string of the molecule is CC1C=CC(/C=C2/SC(=S)NC2C=O)=CC1. The van der Waals surface area contributed by atoms with E-state index in [9.17, 15) is 4.79 Å². The van der Waals surface area contributed by atoms with Gasteiger partial charge in [-0.2, -0.15) is 0 Å². The maximum absolute atomic E-state index is 10.8. The molecule has 0 bridgehead atoms. The van der Waals surface area contributed by atoms with Crippen LogP contribution in [0.3, 0.4) is 0 Å². The van der Waals surface area contributed by atoms with Crippen molar-refractivity contribution in [3.8, 4) is 0 Å². The van der Waals surface area contributed by atoms with E-state index in [1.165, 1.54) is 17.3 Å². The maximum Gasteiger partial charge on any atom is 0.147 e. The first-order valence-corrected chi connectivity index (χ1v) is 6.45. The number of hydrogen-bond acceptors (Lipinski definition) is 3. The molecule has 2 nitrogen and oxygen atoms in total. The van der Waals surface area contributed by atoms with Gasteiger partial charge in [-0.15, -0.1) is 0 Å². The zero-order valence-corrected chi connectivity index (χ0v) is 10.6. The molecule has 0 aromatic heterocycles. The van der Waals surface area contributed by atoms with Crippen LogP contribution in [0.2, 0.25) is 0 Å². The van der Waals surface area contributed by atoms with Gasteiger partial charge >= 0.3 is 0 Å². The van der Waals surface area contributed by atoms with Crippen molar-refractivity contribution in [2.45, 2.75) is 19.4 Å². The van der Waals surface area contributed by atoms with Crippen LogP contribution in [0, 0.1) is 5.92 Å². The summed E-state index contributed by atoms with van der Waals surface area (Å²) in [5.74, 6) is 0.611. The van der Waals surface area contributed by atoms with Crippen molar-refractivity contribution in [1.29, 1.82) is 0 Å². The fraction of sp³-hybridized carbons (Fsp3) is 0.333. The molecule has 0 amide bonds. The van der Waals surface area contributed by atoms with Crippen molar-refractivity contribution in [3.05, 3.63) is 34.8 Å². The Labute approximate surface area is 105 Å². The Morgan fingerprint density at radius 3 is 3.06 bits per heavy atom. The van der Waals surface area contributed by atoms with Gasteiger partial charge in [0.2, 0.25) is 0 Å². The highest BCUT2D eigenvalue weighted by molar-refractivity contribution is 8.26. The summed E-state index contributed by atoms with van der Waals surface area (Å²) in [4.78, 5) is 11.8. The fourth-order valence-electron chi connectivity index (χ4n) is 1.63. The number of rotatable bonds is 2. The molecule has 1 N–H and O–H groups in total. The summed E-state index contributed by atoms with van der Waals surface area (Å²) in [5.41, 5.74) is 1.17. The van der Waals surface area contributed by atoms with Crippen LogP contribution in [0.15, 0.2) is 34.8 Å². The standard InChI is InChI=1S/C12H13NOS2/c1-8-2-4-9(5-3-8)6-11-10(7-14)13-12(15)16-11/h2,4-8,10H,3H2,1H3,(H,13,15)/b11-6+. The van der Waals surface area contributed by atoms with Crippen molar-refractivity contribution in [2.24, 2.45) is 5.92 Å². The summed E-state index contributed by atoms with van der Waals surface area (Å²) in [5, 5.41) is 2.96. The van der Waals surface area contributed by atoms with Gasteiger partial charge in [-0.05, 0) is 24.0 Å². The number of aldehydes is 1. The molecule has 1 heterocycles. The Hall–Kier alpha value is -0.870. The monoisotopic (exact) mass is 251 g/mol. The lowest BCUT2D eigenvalue weighted by molar-refractivity contribution is -0.108. The van der Waals surface area contributed by atoms with Crippen molar-refractivity contribution in [2.75, 3.05) is 0 Å². The van der Waals surface area contributed by atoms with Gasteiger partial charge in [0.25, 0.3) is 0 Å². The van der Waals surface area contributed by atoms with Crippen molar-refractivity contribution >= 4 is 34.6 Å². The topological polar surface area (TPSA) is 29.1 Å². The zero-order chi connectivity index (χ0) is 11.5. The lowest BCUT2D eigenvalue weighted by atomic mass is 9.98. The summed E-state index contributed by atoms with van der Waals surface area (Å²) >= 11 is 6.51. The number of allylic oxidation sites excluding steroid dienone is 5. The second-order valence-electron chi connectivity index (χ2n) is 3.97. The van der Waals surface area contributed by atoms with E-state index in [-0.39, 0.29) is 6.04 Å². The molecule has 16 heavy (non-hydrogen) atoms. The molecule has 0 aromatic rings. The summed E-state index contributed by atoms with van der Waals surface area (Å²) < 4.78 is 0.678. The lowest BCUT2D eigenvalue weighted by Crippen LogP contribution is -2.26. The Morgan fingerprint density at radius 1 is 1.62 bits per heavy atom. The molecule has 1 fully saturated rings. The van der Waals surface area contributed by atoms with Crippen LogP contribution in [0.1, 0.15) is 13.3 Å². The smallest absolute Gasteiger partial charge is 0.147 e. The first-order valence-electron chi connectivity index (χ1n) is 5.22. The van der Waals surface area contributed by atoms with E-state index < -0.39 is 0 Å². The third-order valence-corrected chi connectivity index (χ3v) is 3.86. The van der Waals surface area contributed by atoms with E-state index in [1.807, 2.05) is 6.08 Å². The second-order valence-corrected chi connectivity index (χ2v) is 5.72. The number of thiocarbonyl (C=S) groups is 1. The molecule has 0 spiro atoms. The van der Waals surface area contributed by atoms with E-state index in [2.05, 4.69) is 30.5 Å². The fourth-order valence-corrected chi connectivity index (χ4v) is 2.89. The molecule has 2 atom stereocenters. The molecule has 0 aromatic carbocycles. The Morgan fingerprint density at radius 2 is 2.44 bits per heavy atom. The van der Waals surface area contributed by atoms with Gasteiger partial charge in [0.1, 0.15) is 16.6 Å². The summed E-state index contributed by atoms with van der Waals surface area (Å²) in [6, 6.07) is -0.258. The van der Waals surface area contributed by atoms with Crippen molar-refractivity contribution in [1.82, 2.24) is 5.32 Å². The molecule has 1 aliphatic heterocycles. The van der Waals surface area contributed by atoms with Gasteiger partial charge in [0.15, 0.2) is 0 Å². The first kappa shape index (κ1) is 11.6. The molecular formula is C12H13NOS2. The molecule has 4 heteroatoms. The normalized spacial score (nSPS) is 31.4. The van der Waals surface area contributed by atoms with Crippen molar-refractivity contribution < 1.29 is 4.79 Å². The molecule has 0 saturated carbocycles. The average molecular weight is 251 g/mol. The van der Waals surface area contributed by atoms with Gasteiger partial charge < -0.3 is 10.1 Å². The minimum atomic E-state index is -0.258. The van der Waals surface area contributed by atoms with E-state index in [0.29, 0.717) is 10.2 Å². The van der Waals surface area contributed by atoms with E-state index >= 15 is 0 Å².